The highest BCUT2D eigenvalue weighted by atomic mass is 16.5. The van der Waals surface area contributed by atoms with Gasteiger partial charge in [-0.25, -0.2) is 0 Å². The minimum absolute atomic E-state index is 0.230. The first-order valence-corrected chi connectivity index (χ1v) is 6.47. The average Bonchev–Trinajstić information content (AvgIpc) is 2.46. The van der Waals surface area contributed by atoms with Crippen LogP contribution in [0.3, 0.4) is 0 Å². The van der Waals surface area contributed by atoms with E-state index in [0.717, 1.165) is 11.1 Å². The van der Waals surface area contributed by atoms with Crippen molar-refractivity contribution in [1.29, 1.82) is 0 Å². The Balaban J connectivity index is 2.25. The number of aryl methyl sites for hydroxylation is 1. The van der Waals surface area contributed by atoms with Gasteiger partial charge in [0.15, 0.2) is 0 Å². The summed E-state index contributed by atoms with van der Waals surface area (Å²) in [6, 6.07) is 14.1. The average molecular weight is 278 g/mol. The number of ketones is 1. The number of Topliss-reactive ketones (excluding diaryl/α,β-unsaturated/α-hetero) is 1. The third-order valence-electron chi connectivity index (χ3n) is 2.76. The van der Waals surface area contributed by atoms with Gasteiger partial charge < -0.3 is 4.74 Å². The highest BCUT2D eigenvalue weighted by Crippen LogP contribution is 2.18. The van der Waals surface area contributed by atoms with Crippen LogP contribution in [0.1, 0.15) is 28.4 Å². The van der Waals surface area contributed by atoms with Crippen molar-refractivity contribution in [3.8, 4) is 17.6 Å². The van der Waals surface area contributed by atoms with E-state index < -0.39 is 5.97 Å². The lowest BCUT2D eigenvalue weighted by Crippen LogP contribution is -2.06. The zero-order chi connectivity index (χ0) is 15.2. The Labute approximate surface area is 123 Å². The SMILES string of the molecule is CC(=O)Oc1ccccc1C(=O)C#Cc1ccc(C)cc1. The van der Waals surface area contributed by atoms with Crippen molar-refractivity contribution in [2.45, 2.75) is 13.8 Å². The molecule has 0 saturated heterocycles. The van der Waals surface area contributed by atoms with Crippen molar-refractivity contribution in [3.05, 3.63) is 65.2 Å². The predicted molar refractivity (Wildman–Crippen MR) is 80.1 cm³/mol. The van der Waals surface area contributed by atoms with Gasteiger partial charge in [-0.05, 0) is 37.1 Å². The molecule has 0 aliphatic rings. The summed E-state index contributed by atoms with van der Waals surface area (Å²) in [6.45, 7) is 3.27. The van der Waals surface area contributed by atoms with E-state index in [0.29, 0.717) is 0 Å². The molecule has 0 heterocycles. The van der Waals surface area contributed by atoms with E-state index in [1.54, 1.807) is 24.3 Å². The van der Waals surface area contributed by atoms with E-state index in [9.17, 15) is 9.59 Å². The van der Waals surface area contributed by atoms with Crippen LogP contribution in [0.25, 0.3) is 0 Å². The number of rotatable bonds is 2. The number of hydrogen-bond acceptors (Lipinski definition) is 3. The molecule has 3 nitrogen and oxygen atoms in total. The van der Waals surface area contributed by atoms with Gasteiger partial charge in [-0.1, -0.05) is 35.7 Å². The third-order valence-corrected chi connectivity index (χ3v) is 2.76. The van der Waals surface area contributed by atoms with Crippen molar-refractivity contribution in [1.82, 2.24) is 0 Å². The first-order valence-electron chi connectivity index (χ1n) is 6.47. The molecule has 2 aromatic carbocycles. The topological polar surface area (TPSA) is 43.4 Å². The molecule has 0 spiro atoms. The van der Waals surface area contributed by atoms with Crippen molar-refractivity contribution < 1.29 is 14.3 Å². The zero-order valence-corrected chi connectivity index (χ0v) is 11.8. The van der Waals surface area contributed by atoms with Crippen molar-refractivity contribution in [2.75, 3.05) is 0 Å². The monoisotopic (exact) mass is 278 g/mol. The van der Waals surface area contributed by atoms with Crippen molar-refractivity contribution in [3.63, 3.8) is 0 Å². The van der Waals surface area contributed by atoms with Gasteiger partial charge in [0.1, 0.15) is 5.75 Å². The van der Waals surface area contributed by atoms with Crippen LogP contribution in [0.15, 0.2) is 48.5 Å². The lowest BCUT2D eigenvalue weighted by atomic mass is 10.1. The van der Waals surface area contributed by atoms with Gasteiger partial charge in [-0.3, -0.25) is 9.59 Å². The van der Waals surface area contributed by atoms with Crippen LogP contribution in [0.2, 0.25) is 0 Å². The summed E-state index contributed by atoms with van der Waals surface area (Å²) in [4.78, 5) is 23.2. The van der Waals surface area contributed by atoms with E-state index in [2.05, 4.69) is 11.8 Å². The second kappa shape index (κ2) is 6.53. The molecule has 104 valence electrons. The second-order valence-corrected chi connectivity index (χ2v) is 4.53. The summed E-state index contributed by atoms with van der Waals surface area (Å²) >= 11 is 0. The quantitative estimate of drug-likeness (QED) is 0.367. The summed E-state index contributed by atoms with van der Waals surface area (Å²) in [5, 5.41) is 0. The Morgan fingerprint density at radius 3 is 2.33 bits per heavy atom. The molecular weight excluding hydrogens is 264 g/mol. The fourth-order valence-corrected chi connectivity index (χ4v) is 1.73. The Morgan fingerprint density at radius 1 is 1.00 bits per heavy atom. The predicted octanol–water partition coefficient (Wildman–Crippen LogP) is 3.15. The number of para-hydroxylation sites is 1. The van der Waals surface area contributed by atoms with Crippen LogP contribution in [-0.2, 0) is 4.79 Å². The summed E-state index contributed by atoms with van der Waals surface area (Å²) in [5.74, 6) is 4.76. The minimum Gasteiger partial charge on any atom is -0.426 e. The molecule has 0 atom stereocenters. The number of ether oxygens (including phenoxy) is 1. The van der Waals surface area contributed by atoms with Crippen molar-refractivity contribution in [2.24, 2.45) is 0 Å². The van der Waals surface area contributed by atoms with Crippen LogP contribution in [0, 0.1) is 18.8 Å². The Morgan fingerprint density at radius 2 is 1.67 bits per heavy atom. The molecule has 0 fully saturated rings. The zero-order valence-electron chi connectivity index (χ0n) is 11.8. The molecular formula is C18H14O3. The molecule has 0 aromatic heterocycles. The summed E-state index contributed by atoms with van der Waals surface area (Å²) in [5.41, 5.74) is 2.18. The maximum Gasteiger partial charge on any atom is 0.308 e. The highest BCUT2D eigenvalue weighted by molar-refractivity contribution is 6.11. The first-order chi connectivity index (χ1) is 10.1. The largest absolute Gasteiger partial charge is 0.426 e. The first kappa shape index (κ1) is 14.5. The molecule has 0 amide bonds. The summed E-state index contributed by atoms with van der Waals surface area (Å²) in [7, 11) is 0. The lowest BCUT2D eigenvalue weighted by Gasteiger charge is -2.04. The molecule has 2 rings (SSSR count). The Hall–Kier alpha value is -2.86. The number of carbonyl (C=O) groups is 2. The lowest BCUT2D eigenvalue weighted by molar-refractivity contribution is -0.131. The second-order valence-electron chi connectivity index (χ2n) is 4.53. The third kappa shape index (κ3) is 4.05. The van der Waals surface area contributed by atoms with Gasteiger partial charge in [0, 0.05) is 12.5 Å². The molecule has 0 N–H and O–H groups in total. The molecule has 21 heavy (non-hydrogen) atoms. The van der Waals surface area contributed by atoms with Gasteiger partial charge in [0.05, 0.1) is 5.56 Å². The molecule has 0 aliphatic heterocycles. The maximum atomic E-state index is 12.1. The van der Waals surface area contributed by atoms with Gasteiger partial charge in [0.2, 0.25) is 5.78 Å². The van der Waals surface area contributed by atoms with E-state index in [1.807, 2.05) is 31.2 Å². The maximum absolute atomic E-state index is 12.1. The Kier molecular flexibility index (Phi) is 4.53. The Bertz CT molecular complexity index is 731. The van der Waals surface area contributed by atoms with Crippen LogP contribution in [0.4, 0.5) is 0 Å². The summed E-state index contributed by atoms with van der Waals surface area (Å²) in [6.07, 6.45) is 0. The molecule has 0 saturated carbocycles. The van der Waals surface area contributed by atoms with Crippen LogP contribution in [-0.4, -0.2) is 11.8 Å². The normalized spacial score (nSPS) is 9.43. The number of carbonyl (C=O) groups excluding carboxylic acids is 2. The van der Waals surface area contributed by atoms with Crippen LogP contribution >= 0.6 is 0 Å². The van der Waals surface area contributed by atoms with E-state index in [-0.39, 0.29) is 17.1 Å². The van der Waals surface area contributed by atoms with E-state index >= 15 is 0 Å². The fourth-order valence-electron chi connectivity index (χ4n) is 1.73. The van der Waals surface area contributed by atoms with Crippen molar-refractivity contribution >= 4 is 11.8 Å². The highest BCUT2D eigenvalue weighted by Gasteiger charge is 2.11. The van der Waals surface area contributed by atoms with Crippen LogP contribution in [0.5, 0.6) is 5.75 Å². The molecule has 3 heteroatoms. The van der Waals surface area contributed by atoms with Crippen LogP contribution < -0.4 is 4.74 Å². The van der Waals surface area contributed by atoms with E-state index in [1.165, 1.54) is 6.92 Å². The standard InChI is InChI=1S/C18H14O3/c1-13-7-9-15(10-8-13)11-12-17(20)16-5-3-4-6-18(16)21-14(2)19/h3-10H,1-2H3. The number of esters is 1. The molecule has 0 bridgehead atoms. The number of hydrogen-bond donors (Lipinski definition) is 0. The molecule has 0 aliphatic carbocycles. The molecule has 2 aromatic rings. The van der Waals surface area contributed by atoms with E-state index in [4.69, 9.17) is 4.74 Å². The fraction of sp³-hybridized carbons (Fsp3) is 0.111. The molecule has 0 radical (unpaired) electrons. The summed E-state index contributed by atoms with van der Waals surface area (Å²) < 4.78 is 5.01. The van der Waals surface area contributed by atoms with Gasteiger partial charge in [-0.2, -0.15) is 0 Å². The van der Waals surface area contributed by atoms with Gasteiger partial charge in [-0.15, -0.1) is 0 Å². The molecule has 0 unspecified atom stereocenters. The number of benzene rings is 2. The van der Waals surface area contributed by atoms with Gasteiger partial charge in [0.25, 0.3) is 0 Å². The van der Waals surface area contributed by atoms with Gasteiger partial charge >= 0.3 is 5.97 Å². The minimum atomic E-state index is -0.471. The smallest absolute Gasteiger partial charge is 0.308 e.